The molecule has 2 aliphatic rings. The highest BCUT2D eigenvalue weighted by Gasteiger charge is 2.44. The minimum Gasteiger partial charge on any atom is -0.393 e. The molecule has 0 spiro atoms. The summed E-state index contributed by atoms with van der Waals surface area (Å²) in [6.45, 7) is 20.0. The van der Waals surface area contributed by atoms with E-state index < -0.39 is 5.60 Å². The van der Waals surface area contributed by atoms with Crippen LogP contribution in [-0.4, -0.2) is 34.5 Å². The lowest BCUT2D eigenvalue weighted by Gasteiger charge is -2.34. The average molecular weight is 599 g/mol. The van der Waals surface area contributed by atoms with Gasteiger partial charge in [0.2, 0.25) is 0 Å². The Hall–Kier alpha value is -3.26. The maximum absolute atomic E-state index is 12.9. The molecule has 1 N–H and O–H groups in total. The first kappa shape index (κ1) is 36.9. The lowest BCUT2D eigenvalue weighted by Crippen LogP contribution is -2.34. The molecule has 2 rings (SSSR count). The molecule has 4 atom stereocenters. The number of carbonyl (C=O) groups excluding carboxylic acids is 2. The number of carbonyl (C=O) groups is 2. The van der Waals surface area contributed by atoms with Crippen molar-refractivity contribution < 1.29 is 19.4 Å². The van der Waals surface area contributed by atoms with Crippen molar-refractivity contribution in [3.8, 4) is 11.8 Å². The van der Waals surface area contributed by atoms with Crippen LogP contribution in [0, 0.1) is 23.2 Å². The molecule has 1 saturated heterocycles. The Bertz CT molecular complexity index is 1380. The van der Waals surface area contributed by atoms with Crippen LogP contribution < -0.4 is 0 Å². The van der Waals surface area contributed by atoms with E-state index in [9.17, 15) is 14.7 Å². The van der Waals surface area contributed by atoms with E-state index in [1.54, 1.807) is 6.92 Å². The fourth-order valence-electron chi connectivity index (χ4n) is 5.89. The Morgan fingerprint density at radius 3 is 2.09 bits per heavy atom. The number of hydrogen-bond acceptors (Lipinski definition) is 4. The summed E-state index contributed by atoms with van der Waals surface area (Å²) >= 11 is 0. The van der Waals surface area contributed by atoms with Crippen molar-refractivity contribution in [1.29, 1.82) is 0 Å². The predicted octanol–water partition coefficient (Wildman–Crippen LogP) is 9.06. The first-order chi connectivity index (χ1) is 20.5. The van der Waals surface area contributed by atoms with E-state index in [4.69, 9.17) is 4.74 Å². The molecule has 0 aromatic carbocycles. The third-order valence-electron chi connectivity index (χ3n) is 8.58. The first-order valence-corrected chi connectivity index (χ1v) is 15.8. The number of Topliss-reactive ketones (excluding diaryl/α,β-unsaturated/α-hetero) is 2. The Balaban J connectivity index is 1.89. The smallest absolute Gasteiger partial charge is 0.161 e. The molecular formula is C40H54O4. The highest BCUT2D eigenvalue weighted by molar-refractivity contribution is 5.95. The molecule has 1 fully saturated rings. The Kier molecular flexibility index (Phi) is 14.0. The number of aliphatic hydroxyl groups is 1. The summed E-state index contributed by atoms with van der Waals surface area (Å²) in [5, 5.41) is 10.1. The van der Waals surface area contributed by atoms with Gasteiger partial charge < -0.3 is 9.84 Å². The van der Waals surface area contributed by atoms with Crippen LogP contribution in [0.1, 0.15) is 101 Å². The zero-order chi connectivity index (χ0) is 33.1. The van der Waals surface area contributed by atoms with Crippen LogP contribution in [0.25, 0.3) is 0 Å². The lowest BCUT2D eigenvalue weighted by molar-refractivity contribution is -0.126. The first-order valence-electron chi connectivity index (χ1n) is 15.8. The molecule has 1 aliphatic carbocycles. The molecule has 0 aromatic rings. The molecule has 0 aromatic heterocycles. The van der Waals surface area contributed by atoms with E-state index in [0.717, 1.165) is 35.1 Å². The topological polar surface area (TPSA) is 63.6 Å². The van der Waals surface area contributed by atoms with E-state index in [2.05, 4.69) is 58.6 Å². The van der Waals surface area contributed by atoms with Gasteiger partial charge in [0.15, 0.2) is 5.78 Å². The molecule has 0 bridgehead atoms. The van der Waals surface area contributed by atoms with Gasteiger partial charge in [0.05, 0.1) is 17.8 Å². The van der Waals surface area contributed by atoms with E-state index in [-0.39, 0.29) is 35.1 Å². The van der Waals surface area contributed by atoms with Gasteiger partial charge in [-0.3, -0.25) is 9.59 Å². The zero-order valence-electron chi connectivity index (χ0n) is 28.7. The van der Waals surface area contributed by atoms with E-state index >= 15 is 0 Å². The zero-order valence-corrected chi connectivity index (χ0v) is 28.7. The SMILES string of the molecule is CC(=O)C[C@@H]1C[C@H](C)[C@](C)(CC(=O)C(C)=CC=CC(C)=CC=CC=C(C)C=CC=C(C)C#CC2=C(C)C[C@@H](O)CC2(C)C)O1. The Labute approximate surface area is 267 Å². The molecule has 1 heterocycles. The van der Waals surface area contributed by atoms with Gasteiger partial charge in [-0.15, -0.1) is 0 Å². The second kappa shape index (κ2) is 16.7. The second-order valence-corrected chi connectivity index (χ2v) is 13.7. The van der Waals surface area contributed by atoms with E-state index in [0.29, 0.717) is 24.8 Å². The molecule has 238 valence electrons. The van der Waals surface area contributed by atoms with Crippen LogP contribution in [0.15, 0.2) is 94.2 Å². The summed E-state index contributed by atoms with van der Waals surface area (Å²) in [5.41, 5.74) is 5.60. The monoisotopic (exact) mass is 598 g/mol. The van der Waals surface area contributed by atoms with Gasteiger partial charge in [-0.25, -0.2) is 0 Å². The number of hydrogen-bond donors (Lipinski definition) is 1. The fraction of sp³-hybridized carbons (Fsp3) is 0.500. The number of ether oxygens (including phenoxy) is 1. The van der Waals surface area contributed by atoms with Gasteiger partial charge in [-0.05, 0) is 84.8 Å². The van der Waals surface area contributed by atoms with E-state index in [1.165, 1.54) is 5.57 Å². The number of rotatable bonds is 11. The molecule has 4 nitrogen and oxygen atoms in total. The minimum absolute atomic E-state index is 0.0705. The molecule has 4 heteroatoms. The largest absolute Gasteiger partial charge is 0.393 e. The summed E-state index contributed by atoms with van der Waals surface area (Å²) < 4.78 is 6.15. The van der Waals surface area contributed by atoms with Crippen LogP contribution in [0.4, 0.5) is 0 Å². The Morgan fingerprint density at radius 2 is 1.52 bits per heavy atom. The summed E-state index contributed by atoms with van der Waals surface area (Å²) in [5.74, 6) is 7.06. The van der Waals surface area contributed by atoms with Crippen LogP contribution >= 0.6 is 0 Å². The van der Waals surface area contributed by atoms with Crippen molar-refractivity contribution in [3.63, 3.8) is 0 Å². The van der Waals surface area contributed by atoms with Gasteiger partial charge in [-0.1, -0.05) is 110 Å². The standard InChI is InChI=1S/C40H54O4/c1-28(17-13-18-30(3)21-22-37-32(5)23-35(42)26-39(37,8)9)15-11-12-16-29(2)19-14-20-31(4)38(43)27-40(10)33(6)24-36(44-40)25-34(7)41/h11-20,33,35-36,42H,23-27H2,1-10H3/t33-,35+,36-,40-/m0/s1. The fourth-order valence-corrected chi connectivity index (χ4v) is 5.89. The quantitative estimate of drug-likeness (QED) is 0.146. The second-order valence-electron chi connectivity index (χ2n) is 13.7. The Morgan fingerprint density at radius 1 is 0.932 bits per heavy atom. The van der Waals surface area contributed by atoms with Crippen molar-refractivity contribution in [1.82, 2.24) is 0 Å². The number of allylic oxidation sites excluding steroid dienone is 15. The van der Waals surface area contributed by atoms with Crippen LogP contribution in [-0.2, 0) is 14.3 Å². The van der Waals surface area contributed by atoms with Crippen molar-refractivity contribution in [3.05, 3.63) is 94.2 Å². The summed E-state index contributed by atoms with van der Waals surface area (Å²) in [6, 6.07) is 0. The molecular weight excluding hydrogens is 544 g/mol. The van der Waals surface area contributed by atoms with Crippen LogP contribution in [0.2, 0.25) is 0 Å². The van der Waals surface area contributed by atoms with Crippen LogP contribution in [0.5, 0.6) is 0 Å². The molecule has 44 heavy (non-hydrogen) atoms. The predicted molar refractivity (Wildman–Crippen MR) is 184 cm³/mol. The molecule has 0 amide bonds. The van der Waals surface area contributed by atoms with Gasteiger partial charge in [0.25, 0.3) is 0 Å². The number of ketones is 2. The van der Waals surface area contributed by atoms with Gasteiger partial charge in [0, 0.05) is 23.8 Å². The summed E-state index contributed by atoms with van der Waals surface area (Å²) in [4.78, 5) is 24.4. The van der Waals surface area contributed by atoms with Crippen LogP contribution in [0.3, 0.4) is 0 Å². The van der Waals surface area contributed by atoms with Crippen molar-refractivity contribution in [2.24, 2.45) is 11.3 Å². The average Bonchev–Trinajstić information content (AvgIpc) is 3.16. The highest BCUT2D eigenvalue weighted by Crippen LogP contribution is 2.41. The molecule has 0 unspecified atom stereocenters. The van der Waals surface area contributed by atoms with Crippen molar-refractivity contribution in [2.75, 3.05) is 0 Å². The molecule has 0 radical (unpaired) electrons. The summed E-state index contributed by atoms with van der Waals surface area (Å²) in [7, 11) is 0. The van der Waals surface area contributed by atoms with Crippen molar-refractivity contribution in [2.45, 2.75) is 119 Å². The third kappa shape index (κ3) is 12.0. The molecule has 0 saturated carbocycles. The maximum atomic E-state index is 12.9. The minimum atomic E-state index is -0.532. The third-order valence-corrected chi connectivity index (χ3v) is 8.58. The van der Waals surface area contributed by atoms with E-state index in [1.807, 2.05) is 76.3 Å². The molecule has 1 aliphatic heterocycles. The number of aliphatic hydroxyl groups excluding tert-OH is 1. The highest BCUT2D eigenvalue weighted by atomic mass is 16.5. The normalized spacial score (nSPS) is 27.0. The van der Waals surface area contributed by atoms with Gasteiger partial charge in [0.1, 0.15) is 5.78 Å². The maximum Gasteiger partial charge on any atom is 0.161 e. The summed E-state index contributed by atoms with van der Waals surface area (Å²) in [6.07, 6.45) is 22.6. The van der Waals surface area contributed by atoms with Gasteiger partial charge in [-0.2, -0.15) is 0 Å². The van der Waals surface area contributed by atoms with Gasteiger partial charge >= 0.3 is 0 Å². The van der Waals surface area contributed by atoms with Crippen molar-refractivity contribution >= 4 is 11.6 Å². The lowest BCUT2D eigenvalue weighted by atomic mass is 9.72.